The summed E-state index contributed by atoms with van der Waals surface area (Å²) in [6.45, 7) is 11.6. The number of amides is 1. The van der Waals surface area contributed by atoms with E-state index >= 15 is 0 Å². The van der Waals surface area contributed by atoms with Gasteiger partial charge in [-0.05, 0) is 52.3 Å². The lowest BCUT2D eigenvalue weighted by Gasteiger charge is -2.21. The Morgan fingerprint density at radius 1 is 1.10 bits per heavy atom. The van der Waals surface area contributed by atoms with Crippen LogP contribution >= 0.6 is 11.3 Å². The first kappa shape index (κ1) is 21.7. The van der Waals surface area contributed by atoms with Crippen LogP contribution < -0.4 is 10.2 Å². The lowest BCUT2D eigenvalue weighted by Crippen LogP contribution is -2.23. The maximum absolute atomic E-state index is 13.1. The molecule has 0 saturated carbocycles. The fraction of sp³-hybridized carbons (Fsp3) is 0.364. The van der Waals surface area contributed by atoms with E-state index in [1.165, 1.54) is 11.3 Å². The summed E-state index contributed by atoms with van der Waals surface area (Å²) >= 11 is 1.34. The highest BCUT2D eigenvalue weighted by Gasteiger charge is 2.23. The lowest BCUT2D eigenvalue weighted by atomic mass is 10.1. The number of aryl methyl sites for hydroxylation is 2. The average molecular weight is 427 g/mol. The number of rotatable bonds is 7. The quantitative estimate of drug-likeness (QED) is 0.557. The van der Waals surface area contributed by atoms with E-state index in [1.807, 2.05) is 13.8 Å². The number of aromatic nitrogens is 2. The summed E-state index contributed by atoms with van der Waals surface area (Å²) in [5, 5.41) is 3.77. The fourth-order valence-corrected chi connectivity index (χ4v) is 4.46. The number of anilines is 2. The molecular weight excluding hydrogens is 400 g/mol. The first-order valence-corrected chi connectivity index (χ1v) is 10.8. The van der Waals surface area contributed by atoms with E-state index in [4.69, 9.17) is 4.74 Å². The number of nitrogens with one attached hydrogen (secondary N) is 1. The molecule has 0 atom stereocenters. The van der Waals surface area contributed by atoms with Gasteiger partial charge in [-0.25, -0.2) is 14.8 Å². The molecule has 158 valence electrons. The molecule has 0 aliphatic carbocycles. The molecule has 2 aromatic heterocycles. The number of benzene rings is 1. The van der Waals surface area contributed by atoms with Gasteiger partial charge in [0.15, 0.2) is 0 Å². The first-order valence-electron chi connectivity index (χ1n) is 10.0. The van der Waals surface area contributed by atoms with Crippen LogP contribution in [0.25, 0.3) is 10.2 Å². The minimum atomic E-state index is -0.466. The van der Waals surface area contributed by atoms with Crippen LogP contribution in [0.4, 0.5) is 11.5 Å². The van der Waals surface area contributed by atoms with Crippen LogP contribution in [0.1, 0.15) is 52.2 Å². The van der Waals surface area contributed by atoms with E-state index in [2.05, 4.69) is 34.0 Å². The van der Waals surface area contributed by atoms with Crippen molar-refractivity contribution in [1.29, 1.82) is 0 Å². The summed E-state index contributed by atoms with van der Waals surface area (Å²) in [7, 11) is 0. The number of carbonyl (C=O) groups is 2. The van der Waals surface area contributed by atoms with Crippen LogP contribution in [-0.2, 0) is 4.74 Å². The minimum Gasteiger partial charge on any atom is -0.462 e. The monoisotopic (exact) mass is 426 g/mol. The van der Waals surface area contributed by atoms with Gasteiger partial charge in [-0.2, -0.15) is 0 Å². The summed E-state index contributed by atoms with van der Waals surface area (Å²) in [6.07, 6.45) is 0. The molecule has 7 nitrogen and oxygen atoms in total. The Kier molecular flexibility index (Phi) is 6.66. The van der Waals surface area contributed by atoms with Gasteiger partial charge in [0.1, 0.15) is 16.5 Å². The highest BCUT2D eigenvalue weighted by Crippen LogP contribution is 2.36. The number of carbonyl (C=O) groups excluding carboxylic acids is 2. The second-order valence-corrected chi connectivity index (χ2v) is 7.72. The molecule has 3 aromatic rings. The van der Waals surface area contributed by atoms with Crippen molar-refractivity contribution in [3.63, 3.8) is 0 Å². The van der Waals surface area contributed by atoms with Crippen molar-refractivity contribution < 1.29 is 14.3 Å². The zero-order valence-electron chi connectivity index (χ0n) is 17.9. The molecule has 0 saturated heterocycles. The van der Waals surface area contributed by atoms with Gasteiger partial charge < -0.3 is 15.0 Å². The van der Waals surface area contributed by atoms with Gasteiger partial charge in [0.2, 0.25) is 0 Å². The molecule has 0 unspecified atom stereocenters. The smallest absolute Gasteiger partial charge is 0.340 e. The van der Waals surface area contributed by atoms with Gasteiger partial charge in [-0.3, -0.25) is 4.79 Å². The number of fused-ring (bicyclic) bond motifs is 1. The molecular formula is C22H26N4O3S. The number of nitrogens with zero attached hydrogens (tertiary/aromatic N) is 3. The van der Waals surface area contributed by atoms with Crippen molar-refractivity contribution >= 4 is 44.9 Å². The predicted octanol–water partition coefficient (Wildman–Crippen LogP) is 4.58. The van der Waals surface area contributed by atoms with Crippen molar-refractivity contribution in [2.24, 2.45) is 0 Å². The topological polar surface area (TPSA) is 84.4 Å². The van der Waals surface area contributed by atoms with Crippen molar-refractivity contribution in [2.45, 2.75) is 34.6 Å². The maximum Gasteiger partial charge on any atom is 0.340 e. The summed E-state index contributed by atoms with van der Waals surface area (Å²) in [5.74, 6) is 0.773. The van der Waals surface area contributed by atoms with E-state index in [0.29, 0.717) is 22.0 Å². The van der Waals surface area contributed by atoms with Gasteiger partial charge in [0.05, 0.1) is 28.1 Å². The third kappa shape index (κ3) is 4.14. The molecule has 3 rings (SSSR count). The van der Waals surface area contributed by atoms with Crippen LogP contribution in [0.15, 0.2) is 24.3 Å². The van der Waals surface area contributed by atoms with Crippen LogP contribution in [0, 0.1) is 13.8 Å². The number of esters is 1. The van der Waals surface area contributed by atoms with Crippen LogP contribution in [-0.4, -0.2) is 41.5 Å². The van der Waals surface area contributed by atoms with Gasteiger partial charge >= 0.3 is 5.97 Å². The van der Waals surface area contributed by atoms with Crippen LogP contribution in [0.3, 0.4) is 0 Å². The minimum absolute atomic E-state index is 0.267. The number of thiophene rings is 1. The molecule has 0 bridgehead atoms. The van der Waals surface area contributed by atoms with Crippen molar-refractivity contribution in [2.75, 3.05) is 29.9 Å². The molecule has 0 fully saturated rings. The van der Waals surface area contributed by atoms with Crippen molar-refractivity contribution in [3.05, 3.63) is 46.1 Å². The lowest BCUT2D eigenvalue weighted by molar-refractivity contribution is 0.0527. The molecule has 1 N–H and O–H groups in total. The Morgan fingerprint density at radius 3 is 2.47 bits per heavy atom. The Hall–Kier alpha value is -3.00. The van der Waals surface area contributed by atoms with Gasteiger partial charge in [0, 0.05) is 13.1 Å². The molecule has 2 heterocycles. The van der Waals surface area contributed by atoms with Gasteiger partial charge in [-0.15, -0.1) is 11.3 Å². The Balaban J connectivity index is 2.02. The second kappa shape index (κ2) is 9.21. The van der Waals surface area contributed by atoms with Crippen LogP contribution in [0.2, 0.25) is 0 Å². The molecule has 1 aromatic carbocycles. The maximum atomic E-state index is 13.1. The highest BCUT2D eigenvalue weighted by atomic mass is 32.1. The zero-order valence-corrected chi connectivity index (χ0v) is 18.7. The largest absolute Gasteiger partial charge is 0.462 e. The number of hydrogen-bond donors (Lipinski definition) is 1. The van der Waals surface area contributed by atoms with E-state index < -0.39 is 5.97 Å². The van der Waals surface area contributed by atoms with E-state index in [-0.39, 0.29) is 12.5 Å². The summed E-state index contributed by atoms with van der Waals surface area (Å²) < 4.78 is 5.10. The van der Waals surface area contributed by atoms with E-state index in [0.717, 1.165) is 34.7 Å². The second-order valence-electron chi connectivity index (χ2n) is 6.72. The van der Waals surface area contributed by atoms with E-state index in [9.17, 15) is 9.59 Å². The zero-order chi connectivity index (χ0) is 21.8. The molecule has 0 aliphatic heterocycles. The summed E-state index contributed by atoms with van der Waals surface area (Å²) in [5.41, 5.74) is 1.58. The Morgan fingerprint density at radius 2 is 1.80 bits per heavy atom. The Bertz CT molecular complexity index is 1090. The average Bonchev–Trinajstić information content (AvgIpc) is 3.05. The van der Waals surface area contributed by atoms with Gasteiger partial charge in [0.25, 0.3) is 5.91 Å². The van der Waals surface area contributed by atoms with Crippen molar-refractivity contribution in [3.8, 4) is 0 Å². The normalized spacial score (nSPS) is 10.8. The molecule has 0 aliphatic rings. The molecule has 8 heteroatoms. The number of hydrogen-bond acceptors (Lipinski definition) is 7. The molecule has 30 heavy (non-hydrogen) atoms. The van der Waals surface area contributed by atoms with Gasteiger partial charge in [-0.1, -0.05) is 12.1 Å². The SMILES string of the molecule is CCOC(=O)c1ccccc1NC(=O)c1sc2nc(C)nc(N(CC)CC)c2c1C. The number of ether oxygens (including phenoxy) is 1. The molecule has 0 spiro atoms. The summed E-state index contributed by atoms with van der Waals surface area (Å²) in [6, 6.07) is 6.83. The standard InChI is InChI=1S/C22H26N4O3S/c1-6-26(7-2)19-17-13(4)18(30-21(17)24-14(5)23-19)20(27)25-16-12-10-9-11-15(16)22(28)29-8-3/h9-12H,6-8H2,1-5H3,(H,25,27). The predicted molar refractivity (Wildman–Crippen MR) is 121 cm³/mol. The fourth-order valence-electron chi connectivity index (χ4n) is 3.35. The first-order chi connectivity index (χ1) is 14.4. The Labute approximate surface area is 180 Å². The van der Waals surface area contributed by atoms with Crippen LogP contribution in [0.5, 0.6) is 0 Å². The highest BCUT2D eigenvalue weighted by molar-refractivity contribution is 7.20. The van der Waals surface area contributed by atoms with Crippen molar-refractivity contribution in [1.82, 2.24) is 9.97 Å². The third-order valence-electron chi connectivity index (χ3n) is 4.82. The third-order valence-corrected chi connectivity index (χ3v) is 6.01. The number of para-hydroxylation sites is 1. The van der Waals surface area contributed by atoms with E-state index in [1.54, 1.807) is 31.2 Å². The molecule has 1 amide bonds. The molecule has 0 radical (unpaired) electrons. The summed E-state index contributed by atoms with van der Waals surface area (Å²) in [4.78, 5) is 38.0.